The van der Waals surface area contributed by atoms with Crippen LogP contribution in [-0.4, -0.2) is 0 Å². The zero-order valence-corrected chi connectivity index (χ0v) is 9.95. The predicted octanol–water partition coefficient (Wildman–Crippen LogP) is 3.14. The molecule has 2 rings (SSSR count). The van der Waals surface area contributed by atoms with E-state index in [0.717, 1.165) is 10.1 Å². The summed E-state index contributed by atoms with van der Waals surface area (Å²) >= 11 is 1.59. The van der Waals surface area contributed by atoms with Gasteiger partial charge in [0.2, 0.25) is 0 Å². The minimum absolute atomic E-state index is 0.0316. The van der Waals surface area contributed by atoms with Gasteiger partial charge in [-0.2, -0.15) is 15.8 Å². The van der Waals surface area contributed by atoms with Gasteiger partial charge in [-0.25, -0.2) is 0 Å². The third kappa shape index (κ3) is 2.15. The van der Waals surface area contributed by atoms with Crippen LogP contribution in [0.4, 0.5) is 5.69 Å². The molecule has 18 heavy (non-hydrogen) atoms. The average Bonchev–Trinajstić information content (AvgIpc) is 2.86. The van der Waals surface area contributed by atoms with E-state index in [0.29, 0.717) is 5.69 Å². The highest BCUT2D eigenvalue weighted by molar-refractivity contribution is 7.17. The summed E-state index contributed by atoms with van der Waals surface area (Å²) in [5.74, 6) is 0. The summed E-state index contributed by atoms with van der Waals surface area (Å²) in [6.45, 7) is 0. The van der Waals surface area contributed by atoms with E-state index in [4.69, 9.17) is 15.8 Å². The van der Waals surface area contributed by atoms with Crippen LogP contribution < -0.4 is 5.32 Å². The molecule has 84 valence electrons. The summed E-state index contributed by atoms with van der Waals surface area (Å²) in [6, 6.07) is 12.8. The number of rotatable bonds is 2. The predicted molar refractivity (Wildman–Crippen MR) is 69.3 cm³/mol. The van der Waals surface area contributed by atoms with E-state index in [9.17, 15) is 0 Å². The molecule has 0 fully saturated rings. The second-order valence-corrected chi connectivity index (χ2v) is 4.33. The fourth-order valence-electron chi connectivity index (χ4n) is 1.46. The molecule has 0 aliphatic heterocycles. The van der Waals surface area contributed by atoms with Crippen molar-refractivity contribution >= 4 is 27.1 Å². The molecule has 0 unspecified atom stereocenters. The Morgan fingerprint density at radius 2 is 1.83 bits per heavy atom. The fourth-order valence-corrected chi connectivity index (χ4v) is 2.29. The first kappa shape index (κ1) is 11.7. The SMILES string of the molecule is N#CC(C#N)=C(C#N)Nc1ccc2ccsc2c1. The van der Waals surface area contributed by atoms with E-state index in [1.807, 2.05) is 29.6 Å². The van der Waals surface area contributed by atoms with Crippen LogP contribution in [0.1, 0.15) is 0 Å². The van der Waals surface area contributed by atoms with E-state index in [1.54, 1.807) is 29.5 Å². The van der Waals surface area contributed by atoms with Gasteiger partial charge in [-0.1, -0.05) is 6.07 Å². The van der Waals surface area contributed by atoms with Crippen molar-refractivity contribution in [1.82, 2.24) is 0 Å². The van der Waals surface area contributed by atoms with Crippen molar-refractivity contribution in [3.63, 3.8) is 0 Å². The summed E-state index contributed by atoms with van der Waals surface area (Å²) in [7, 11) is 0. The summed E-state index contributed by atoms with van der Waals surface area (Å²) in [6.07, 6.45) is 0. The van der Waals surface area contributed by atoms with Crippen molar-refractivity contribution in [2.24, 2.45) is 0 Å². The summed E-state index contributed by atoms with van der Waals surface area (Å²) in [4.78, 5) is 0. The lowest BCUT2D eigenvalue weighted by molar-refractivity contribution is 1.37. The largest absolute Gasteiger partial charge is 0.345 e. The fraction of sp³-hybridized carbons (Fsp3) is 0. The Morgan fingerprint density at radius 1 is 1.06 bits per heavy atom. The number of hydrogen-bond acceptors (Lipinski definition) is 5. The first-order valence-electron chi connectivity index (χ1n) is 4.97. The lowest BCUT2D eigenvalue weighted by Crippen LogP contribution is -2.00. The molecule has 1 N–H and O–H groups in total. The molecule has 1 aromatic heterocycles. The van der Waals surface area contributed by atoms with E-state index >= 15 is 0 Å². The van der Waals surface area contributed by atoms with Crippen molar-refractivity contribution in [2.45, 2.75) is 0 Å². The van der Waals surface area contributed by atoms with Crippen LogP contribution in [0.25, 0.3) is 10.1 Å². The Morgan fingerprint density at radius 3 is 2.50 bits per heavy atom. The smallest absolute Gasteiger partial charge is 0.163 e. The van der Waals surface area contributed by atoms with Crippen molar-refractivity contribution in [3.05, 3.63) is 40.9 Å². The number of allylic oxidation sites excluding steroid dienone is 2. The molecule has 4 nitrogen and oxygen atoms in total. The van der Waals surface area contributed by atoms with Crippen LogP contribution in [-0.2, 0) is 0 Å². The van der Waals surface area contributed by atoms with Crippen molar-refractivity contribution < 1.29 is 0 Å². The van der Waals surface area contributed by atoms with Gasteiger partial charge >= 0.3 is 0 Å². The molecule has 0 saturated heterocycles. The quantitative estimate of drug-likeness (QED) is 0.830. The molecule has 0 aliphatic rings. The highest BCUT2D eigenvalue weighted by Gasteiger charge is 2.06. The van der Waals surface area contributed by atoms with Crippen LogP contribution in [0.5, 0.6) is 0 Å². The van der Waals surface area contributed by atoms with Gasteiger partial charge in [0, 0.05) is 10.4 Å². The second kappa shape index (κ2) is 5.01. The van der Waals surface area contributed by atoms with Crippen LogP contribution in [0.3, 0.4) is 0 Å². The zero-order valence-electron chi connectivity index (χ0n) is 9.14. The number of nitrogens with one attached hydrogen (secondary N) is 1. The number of benzene rings is 1. The van der Waals surface area contributed by atoms with Gasteiger partial charge in [-0.3, -0.25) is 0 Å². The Labute approximate surface area is 108 Å². The third-order valence-electron chi connectivity index (χ3n) is 2.31. The Hall–Kier alpha value is -2.81. The second-order valence-electron chi connectivity index (χ2n) is 3.38. The van der Waals surface area contributed by atoms with Gasteiger partial charge in [0.15, 0.2) is 5.57 Å². The van der Waals surface area contributed by atoms with Crippen LogP contribution in [0.2, 0.25) is 0 Å². The molecule has 0 saturated carbocycles. The van der Waals surface area contributed by atoms with Crippen LogP contribution in [0.15, 0.2) is 40.9 Å². The number of thiophene rings is 1. The minimum atomic E-state index is -0.219. The molecule has 0 spiro atoms. The van der Waals surface area contributed by atoms with Crippen LogP contribution >= 0.6 is 11.3 Å². The molecule has 5 heteroatoms. The van der Waals surface area contributed by atoms with Crippen molar-refractivity contribution in [3.8, 4) is 18.2 Å². The Kier molecular flexibility index (Phi) is 3.25. The molecular weight excluding hydrogens is 244 g/mol. The maximum Gasteiger partial charge on any atom is 0.163 e. The molecule has 0 bridgehead atoms. The molecule has 2 aromatic rings. The van der Waals surface area contributed by atoms with Gasteiger partial charge < -0.3 is 5.32 Å². The van der Waals surface area contributed by atoms with E-state index in [2.05, 4.69) is 5.32 Å². The minimum Gasteiger partial charge on any atom is -0.345 e. The van der Waals surface area contributed by atoms with Gasteiger partial charge in [0.05, 0.1) is 0 Å². The van der Waals surface area contributed by atoms with E-state index in [-0.39, 0.29) is 11.3 Å². The van der Waals surface area contributed by atoms with Crippen molar-refractivity contribution in [2.75, 3.05) is 5.32 Å². The van der Waals surface area contributed by atoms with Crippen LogP contribution in [0, 0.1) is 34.0 Å². The van der Waals surface area contributed by atoms with Gasteiger partial charge in [0.1, 0.15) is 23.9 Å². The van der Waals surface area contributed by atoms with Gasteiger partial charge in [-0.15, -0.1) is 11.3 Å². The summed E-state index contributed by atoms with van der Waals surface area (Å²) in [5.41, 5.74) is 0.434. The number of anilines is 1. The molecule has 0 aliphatic carbocycles. The molecule has 0 radical (unpaired) electrons. The highest BCUT2D eigenvalue weighted by atomic mass is 32.1. The number of fused-ring (bicyclic) bond motifs is 1. The monoisotopic (exact) mass is 250 g/mol. The lowest BCUT2D eigenvalue weighted by Gasteiger charge is -2.04. The maximum absolute atomic E-state index is 8.92. The summed E-state index contributed by atoms with van der Waals surface area (Å²) in [5, 5.41) is 32.3. The van der Waals surface area contributed by atoms with Gasteiger partial charge in [-0.05, 0) is 29.0 Å². The number of nitriles is 3. The Balaban J connectivity index is 2.40. The zero-order chi connectivity index (χ0) is 13.0. The van der Waals surface area contributed by atoms with E-state index in [1.165, 1.54) is 0 Å². The molecule has 0 atom stereocenters. The van der Waals surface area contributed by atoms with E-state index < -0.39 is 0 Å². The average molecular weight is 250 g/mol. The Bertz CT molecular complexity index is 734. The number of hydrogen-bond donors (Lipinski definition) is 1. The van der Waals surface area contributed by atoms with Gasteiger partial charge in [0.25, 0.3) is 0 Å². The molecule has 0 amide bonds. The standard InChI is InChI=1S/C13H6N4S/c14-6-10(7-15)12(8-16)17-11-2-1-9-3-4-18-13(9)5-11/h1-5,17H. The first-order valence-corrected chi connectivity index (χ1v) is 5.85. The molecular formula is C13H6N4S. The summed E-state index contributed by atoms with van der Waals surface area (Å²) < 4.78 is 1.08. The van der Waals surface area contributed by atoms with Crippen molar-refractivity contribution in [1.29, 1.82) is 15.8 Å². The third-order valence-corrected chi connectivity index (χ3v) is 3.19. The normalized spacial score (nSPS) is 8.94. The lowest BCUT2D eigenvalue weighted by atomic mass is 10.2. The number of nitrogens with zero attached hydrogens (tertiary/aromatic N) is 3. The molecule has 1 heterocycles. The first-order chi connectivity index (χ1) is 8.78. The topological polar surface area (TPSA) is 83.4 Å². The maximum atomic E-state index is 8.92. The molecule has 1 aromatic carbocycles. The highest BCUT2D eigenvalue weighted by Crippen LogP contribution is 2.25.